The summed E-state index contributed by atoms with van der Waals surface area (Å²) in [4.78, 5) is 8.75. The summed E-state index contributed by atoms with van der Waals surface area (Å²) < 4.78 is 0. The first-order valence-corrected chi connectivity index (χ1v) is 7.47. The number of nitrogens with one attached hydrogen (secondary N) is 1. The Morgan fingerprint density at radius 3 is 3.19 bits per heavy atom. The number of rotatable bonds is 4. The van der Waals surface area contributed by atoms with E-state index in [0.717, 1.165) is 22.5 Å². The van der Waals surface area contributed by atoms with Gasteiger partial charge in [-0.05, 0) is 12.3 Å². The summed E-state index contributed by atoms with van der Waals surface area (Å²) >= 11 is 3.45. The molecule has 1 saturated heterocycles. The lowest BCUT2D eigenvalue weighted by molar-refractivity contribution is 0.502. The molecule has 1 atom stereocenters. The average Bonchev–Trinajstić information content (AvgIpc) is 2.84. The highest BCUT2D eigenvalue weighted by Gasteiger charge is 2.20. The van der Waals surface area contributed by atoms with Gasteiger partial charge in [0.1, 0.15) is 0 Å². The molecule has 0 saturated carbocycles. The van der Waals surface area contributed by atoms with E-state index in [1.54, 1.807) is 11.3 Å². The average molecular weight is 255 g/mol. The number of thioether (sulfide) groups is 1. The number of aromatic nitrogens is 1. The van der Waals surface area contributed by atoms with Crippen LogP contribution in [0, 0.1) is 5.92 Å². The van der Waals surface area contributed by atoms with Crippen molar-refractivity contribution in [2.24, 2.45) is 10.9 Å². The Labute approximate surface area is 105 Å². The maximum Gasteiger partial charge on any atom is 0.157 e. The fourth-order valence-electron chi connectivity index (χ4n) is 1.69. The molecular weight excluding hydrogens is 238 g/mol. The van der Waals surface area contributed by atoms with Gasteiger partial charge in [-0.2, -0.15) is 0 Å². The summed E-state index contributed by atoms with van der Waals surface area (Å²) in [5.74, 6) is 1.89. The first-order chi connectivity index (χ1) is 7.74. The molecule has 1 N–H and O–H groups in total. The Balaban J connectivity index is 1.81. The van der Waals surface area contributed by atoms with Crippen molar-refractivity contribution in [1.82, 2.24) is 10.3 Å². The molecule has 1 aromatic rings. The van der Waals surface area contributed by atoms with E-state index >= 15 is 0 Å². The molecular formula is C11H17N3S2. The molecule has 2 heterocycles. The van der Waals surface area contributed by atoms with Gasteiger partial charge in [-0.15, -0.1) is 11.3 Å². The van der Waals surface area contributed by atoms with Crippen molar-refractivity contribution in [2.75, 3.05) is 5.75 Å². The van der Waals surface area contributed by atoms with Gasteiger partial charge in [0.2, 0.25) is 0 Å². The van der Waals surface area contributed by atoms with Gasteiger partial charge in [-0.3, -0.25) is 4.99 Å². The molecule has 88 valence electrons. The second kappa shape index (κ2) is 5.68. The van der Waals surface area contributed by atoms with E-state index in [4.69, 9.17) is 0 Å². The summed E-state index contributed by atoms with van der Waals surface area (Å²) in [6.07, 6.45) is 1.22. The first kappa shape index (κ1) is 11.9. The maximum absolute atomic E-state index is 4.54. The molecule has 5 heteroatoms. The lowest BCUT2D eigenvalue weighted by Gasteiger charge is -2.11. The molecule has 1 fully saturated rings. The van der Waals surface area contributed by atoms with E-state index in [1.807, 2.05) is 17.3 Å². The van der Waals surface area contributed by atoms with Crippen LogP contribution in [0.3, 0.4) is 0 Å². The van der Waals surface area contributed by atoms with E-state index in [-0.39, 0.29) is 0 Å². The van der Waals surface area contributed by atoms with Gasteiger partial charge in [-0.1, -0.05) is 25.6 Å². The number of thiazole rings is 1. The van der Waals surface area contributed by atoms with Crippen LogP contribution in [0.15, 0.2) is 15.9 Å². The summed E-state index contributed by atoms with van der Waals surface area (Å²) in [6.45, 7) is 5.22. The van der Waals surface area contributed by atoms with Gasteiger partial charge < -0.3 is 5.32 Å². The molecule has 0 amide bonds. The third-order valence-corrected chi connectivity index (χ3v) is 4.10. The molecule has 0 aliphatic carbocycles. The predicted octanol–water partition coefficient (Wildman–Crippen LogP) is 2.75. The van der Waals surface area contributed by atoms with E-state index in [9.17, 15) is 0 Å². The van der Waals surface area contributed by atoms with Crippen LogP contribution >= 0.6 is 23.1 Å². The summed E-state index contributed by atoms with van der Waals surface area (Å²) in [5, 5.41) is 6.61. The highest BCUT2D eigenvalue weighted by molar-refractivity contribution is 8.14. The van der Waals surface area contributed by atoms with E-state index < -0.39 is 0 Å². The minimum atomic E-state index is 0.596. The Bertz CT molecular complexity index is 346. The lowest BCUT2D eigenvalue weighted by Crippen LogP contribution is -2.28. The SMILES string of the molecule is CC(C)CC1CSC(=NCc2cscn2)N1. The van der Waals surface area contributed by atoms with Crippen LogP contribution in [0.2, 0.25) is 0 Å². The monoisotopic (exact) mass is 255 g/mol. The normalized spacial score (nSPS) is 22.9. The van der Waals surface area contributed by atoms with Crippen molar-refractivity contribution in [3.63, 3.8) is 0 Å². The third kappa shape index (κ3) is 3.49. The largest absolute Gasteiger partial charge is 0.361 e. The smallest absolute Gasteiger partial charge is 0.157 e. The van der Waals surface area contributed by atoms with E-state index in [1.165, 1.54) is 6.42 Å². The molecule has 0 aromatic carbocycles. The highest BCUT2D eigenvalue weighted by atomic mass is 32.2. The molecule has 1 aromatic heterocycles. The molecule has 2 rings (SSSR count). The highest BCUT2D eigenvalue weighted by Crippen LogP contribution is 2.19. The summed E-state index contributed by atoms with van der Waals surface area (Å²) in [7, 11) is 0. The van der Waals surface area contributed by atoms with Crippen LogP contribution in [0.4, 0.5) is 0 Å². The number of hydrogen-bond donors (Lipinski definition) is 1. The molecule has 3 nitrogen and oxygen atoms in total. The van der Waals surface area contributed by atoms with Crippen LogP contribution in [0.5, 0.6) is 0 Å². The maximum atomic E-state index is 4.54. The van der Waals surface area contributed by atoms with Crippen LogP contribution in [-0.2, 0) is 6.54 Å². The van der Waals surface area contributed by atoms with Gasteiger partial charge in [0.25, 0.3) is 0 Å². The fraction of sp³-hybridized carbons (Fsp3) is 0.636. The Kier molecular flexibility index (Phi) is 4.23. The molecule has 0 spiro atoms. The van der Waals surface area contributed by atoms with Crippen LogP contribution in [0.1, 0.15) is 26.0 Å². The minimum Gasteiger partial charge on any atom is -0.361 e. The van der Waals surface area contributed by atoms with Crippen molar-refractivity contribution >= 4 is 28.3 Å². The van der Waals surface area contributed by atoms with Crippen LogP contribution in [-0.4, -0.2) is 21.9 Å². The van der Waals surface area contributed by atoms with E-state index in [2.05, 4.69) is 34.5 Å². The van der Waals surface area contributed by atoms with Gasteiger partial charge >= 0.3 is 0 Å². The Hall–Kier alpha value is -0.550. The summed E-state index contributed by atoms with van der Waals surface area (Å²) in [6, 6.07) is 0.596. The van der Waals surface area contributed by atoms with Crippen molar-refractivity contribution in [3.05, 3.63) is 16.6 Å². The molecule has 1 unspecified atom stereocenters. The van der Waals surface area contributed by atoms with Gasteiger partial charge in [0.15, 0.2) is 5.17 Å². The standard InChI is InChI=1S/C11H17N3S2/c1-8(2)3-9-6-16-11(14-9)12-4-10-5-15-7-13-10/h5,7-9H,3-4,6H2,1-2H3,(H,12,14). The van der Waals surface area contributed by atoms with Gasteiger partial charge in [0, 0.05) is 17.2 Å². The van der Waals surface area contributed by atoms with Crippen molar-refractivity contribution < 1.29 is 0 Å². The zero-order valence-corrected chi connectivity index (χ0v) is 11.3. The zero-order valence-electron chi connectivity index (χ0n) is 9.64. The second-order valence-corrected chi connectivity index (χ2v) is 6.11. The Morgan fingerprint density at radius 2 is 2.50 bits per heavy atom. The van der Waals surface area contributed by atoms with Gasteiger partial charge in [0.05, 0.1) is 17.7 Å². The number of amidine groups is 1. The molecule has 0 radical (unpaired) electrons. The quantitative estimate of drug-likeness (QED) is 0.899. The van der Waals surface area contributed by atoms with E-state index in [0.29, 0.717) is 12.6 Å². The molecule has 1 aliphatic rings. The second-order valence-electron chi connectivity index (χ2n) is 4.38. The van der Waals surface area contributed by atoms with Crippen LogP contribution < -0.4 is 5.32 Å². The fourth-order valence-corrected chi connectivity index (χ4v) is 3.23. The number of aliphatic imine (C=N–C) groups is 1. The predicted molar refractivity (Wildman–Crippen MR) is 72.1 cm³/mol. The van der Waals surface area contributed by atoms with Crippen LogP contribution in [0.25, 0.3) is 0 Å². The van der Waals surface area contributed by atoms with Gasteiger partial charge in [-0.25, -0.2) is 4.98 Å². The van der Waals surface area contributed by atoms with Crippen molar-refractivity contribution in [3.8, 4) is 0 Å². The van der Waals surface area contributed by atoms with Crippen molar-refractivity contribution in [1.29, 1.82) is 0 Å². The first-order valence-electron chi connectivity index (χ1n) is 5.55. The Morgan fingerprint density at radius 1 is 1.62 bits per heavy atom. The minimum absolute atomic E-state index is 0.596. The topological polar surface area (TPSA) is 37.3 Å². The van der Waals surface area contributed by atoms with Crippen molar-refractivity contribution in [2.45, 2.75) is 32.9 Å². The summed E-state index contributed by atoms with van der Waals surface area (Å²) in [5.41, 5.74) is 2.92. The number of hydrogen-bond acceptors (Lipinski definition) is 4. The number of nitrogens with zero attached hydrogens (tertiary/aromatic N) is 2. The third-order valence-electron chi connectivity index (χ3n) is 2.37. The molecule has 0 bridgehead atoms. The molecule has 1 aliphatic heterocycles. The lowest BCUT2D eigenvalue weighted by atomic mass is 10.1. The molecule has 16 heavy (non-hydrogen) atoms. The zero-order chi connectivity index (χ0) is 11.4.